The van der Waals surface area contributed by atoms with Gasteiger partial charge in [-0.1, -0.05) is 0 Å². The normalized spacial score (nSPS) is 4.44. The van der Waals surface area contributed by atoms with Crippen LogP contribution < -0.4 is 0 Å². The molecule has 0 saturated carbocycles. The zero-order chi connectivity index (χ0) is 7.41. The fraction of sp³-hybridized carbons (Fsp3) is 0.800. The van der Waals surface area contributed by atoms with Crippen LogP contribution in [0.25, 0.3) is 0 Å². The third-order valence-electron chi connectivity index (χ3n) is 0. The Labute approximate surface area is 73.5 Å². The molecule has 0 bridgehead atoms. The second-order valence-electron chi connectivity index (χ2n) is 0.632. The molecule has 9 heavy (non-hydrogen) atoms. The SMILES string of the molecule is CCO.CCO.[CH3-].[Cl][Ti+]. The van der Waals surface area contributed by atoms with Gasteiger partial charge in [-0.05, 0) is 13.8 Å². The van der Waals surface area contributed by atoms with Gasteiger partial charge in [-0.15, -0.1) is 0 Å². The first-order valence-electron chi connectivity index (χ1n) is 2.24. The van der Waals surface area contributed by atoms with Crippen molar-refractivity contribution in [3.05, 3.63) is 7.43 Å². The standard InChI is InChI=1S/2C2H6O.CH3.ClH.Ti/c2*1-2-3;;;/h2*3H,2H2,1H3;1H3;1H;/q;;-1;;+2/p-1. The Kier molecular flexibility index (Phi) is 164. The predicted molar refractivity (Wildman–Crippen MR) is 37.8 cm³/mol. The first-order valence-corrected chi connectivity index (χ1v) is 4.38. The van der Waals surface area contributed by atoms with Crippen LogP contribution in [0.3, 0.4) is 0 Å². The Morgan fingerprint density at radius 3 is 1.11 bits per heavy atom. The Bertz CT molecular complexity index is 16.9. The van der Waals surface area contributed by atoms with Crippen LogP contribution in [-0.2, 0) is 19.4 Å². The van der Waals surface area contributed by atoms with E-state index in [1.165, 1.54) is 19.4 Å². The van der Waals surface area contributed by atoms with Crippen molar-refractivity contribution in [2.24, 2.45) is 0 Å². The summed E-state index contributed by atoms with van der Waals surface area (Å²) >= 11 is 1.47. The van der Waals surface area contributed by atoms with Crippen molar-refractivity contribution in [1.29, 1.82) is 0 Å². The minimum absolute atomic E-state index is 0. The van der Waals surface area contributed by atoms with Crippen molar-refractivity contribution < 1.29 is 29.6 Å². The summed E-state index contributed by atoms with van der Waals surface area (Å²) in [6, 6.07) is 0. The van der Waals surface area contributed by atoms with Gasteiger partial charge in [0.2, 0.25) is 0 Å². The van der Waals surface area contributed by atoms with Crippen LogP contribution in [0.2, 0.25) is 0 Å². The zero-order valence-electron chi connectivity index (χ0n) is 6.19. The molecule has 0 saturated heterocycles. The number of hydrogen-bond acceptors (Lipinski definition) is 2. The number of hydrogen-bond donors (Lipinski definition) is 2. The molecule has 0 fully saturated rings. The molecule has 0 unspecified atom stereocenters. The van der Waals surface area contributed by atoms with Gasteiger partial charge >= 0.3 is 28.7 Å². The van der Waals surface area contributed by atoms with Crippen LogP contribution in [-0.4, -0.2) is 23.4 Å². The molecule has 0 spiro atoms. The summed E-state index contributed by atoms with van der Waals surface area (Å²) in [4.78, 5) is 0. The van der Waals surface area contributed by atoms with Crippen molar-refractivity contribution in [2.75, 3.05) is 13.2 Å². The number of rotatable bonds is 0. The average Bonchev–Trinajstić information content (AvgIpc) is 1.75. The third kappa shape index (κ3) is 501. The Hall–Kier alpha value is 0.924. The number of aliphatic hydroxyl groups excluding tert-OH is 2. The van der Waals surface area contributed by atoms with E-state index in [0.717, 1.165) is 0 Å². The summed E-state index contributed by atoms with van der Waals surface area (Å²) in [5, 5.41) is 15.1. The van der Waals surface area contributed by atoms with Crippen molar-refractivity contribution in [3.8, 4) is 0 Å². The van der Waals surface area contributed by atoms with Crippen LogP contribution in [0, 0.1) is 7.43 Å². The van der Waals surface area contributed by atoms with Crippen LogP contribution in [0.5, 0.6) is 0 Å². The molecule has 0 aromatic carbocycles. The maximum atomic E-state index is 7.57. The van der Waals surface area contributed by atoms with Crippen LogP contribution >= 0.6 is 9.30 Å². The van der Waals surface area contributed by atoms with E-state index in [1.807, 2.05) is 0 Å². The molecule has 0 aliphatic carbocycles. The molecule has 0 aliphatic rings. The number of halogens is 1. The van der Waals surface area contributed by atoms with Gasteiger partial charge in [0.1, 0.15) is 0 Å². The molecule has 0 aromatic heterocycles. The van der Waals surface area contributed by atoms with Gasteiger partial charge in [-0.25, -0.2) is 0 Å². The van der Waals surface area contributed by atoms with E-state index in [-0.39, 0.29) is 20.6 Å². The van der Waals surface area contributed by atoms with E-state index >= 15 is 0 Å². The second-order valence-corrected chi connectivity index (χ2v) is 0.632. The van der Waals surface area contributed by atoms with Gasteiger partial charge < -0.3 is 17.6 Å². The summed E-state index contributed by atoms with van der Waals surface area (Å²) in [5.41, 5.74) is 0. The summed E-state index contributed by atoms with van der Waals surface area (Å²) in [5.74, 6) is 0. The van der Waals surface area contributed by atoms with E-state index in [4.69, 9.17) is 10.2 Å². The summed E-state index contributed by atoms with van der Waals surface area (Å²) in [7, 11) is 4.64. The molecule has 2 nitrogen and oxygen atoms in total. The maximum absolute atomic E-state index is 7.57. The molecule has 0 radical (unpaired) electrons. The van der Waals surface area contributed by atoms with Crippen molar-refractivity contribution in [2.45, 2.75) is 13.8 Å². The van der Waals surface area contributed by atoms with E-state index in [9.17, 15) is 0 Å². The van der Waals surface area contributed by atoms with Crippen LogP contribution in [0.15, 0.2) is 0 Å². The molecule has 0 atom stereocenters. The predicted octanol–water partition coefficient (Wildman–Crippen LogP) is 1.13. The molecule has 0 amide bonds. The van der Waals surface area contributed by atoms with Crippen molar-refractivity contribution in [3.63, 3.8) is 0 Å². The van der Waals surface area contributed by atoms with Gasteiger partial charge in [0, 0.05) is 13.2 Å². The molecular weight excluding hydrogens is 175 g/mol. The summed E-state index contributed by atoms with van der Waals surface area (Å²) in [6.07, 6.45) is 0. The van der Waals surface area contributed by atoms with E-state index < -0.39 is 0 Å². The molecular formula is C5H15ClO2Ti. The third-order valence-corrected chi connectivity index (χ3v) is 0. The quantitative estimate of drug-likeness (QED) is 0.444. The van der Waals surface area contributed by atoms with Gasteiger partial charge in [0.15, 0.2) is 0 Å². The molecule has 0 rings (SSSR count). The number of aliphatic hydroxyl groups is 2. The molecule has 0 aromatic rings. The Morgan fingerprint density at radius 2 is 1.11 bits per heavy atom. The zero-order valence-corrected chi connectivity index (χ0v) is 8.50. The van der Waals surface area contributed by atoms with Crippen molar-refractivity contribution >= 4 is 9.30 Å². The van der Waals surface area contributed by atoms with Crippen LogP contribution in [0.4, 0.5) is 0 Å². The monoisotopic (exact) mass is 190 g/mol. The summed E-state index contributed by atoms with van der Waals surface area (Å²) in [6.45, 7) is 3.86. The molecule has 2 N–H and O–H groups in total. The Balaban J connectivity index is -0.0000000202. The first kappa shape index (κ1) is 22.5. The topological polar surface area (TPSA) is 40.5 Å². The summed E-state index contributed by atoms with van der Waals surface area (Å²) < 4.78 is 0. The van der Waals surface area contributed by atoms with Gasteiger partial charge in [-0.3, -0.25) is 0 Å². The fourth-order valence-electron chi connectivity index (χ4n) is 0. The molecule has 58 valence electrons. The molecule has 0 heterocycles. The molecule has 4 heteroatoms. The van der Waals surface area contributed by atoms with Gasteiger partial charge in [0.05, 0.1) is 0 Å². The molecule has 0 aliphatic heterocycles. The van der Waals surface area contributed by atoms with E-state index in [2.05, 4.69) is 9.30 Å². The fourth-order valence-corrected chi connectivity index (χ4v) is 0. The first-order chi connectivity index (χ1) is 3.83. The van der Waals surface area contributed by atoms with Crippen molar-refractivity contribution in [1.82, 2.24) is 0 Å². The Morgan fingerprint density at radius 1 is 1.11 bits per heavy atom. The average molecular weight is 190 g/mol. The van der Waals surface area contributed by atoms with E-state index in [0.29, 0.717) is 0 Å². The van der Waals surface area contributed by atoms with E-state index in [1.54, 1.807) is 13.8 Å². The second kappa shape index (κ2) is 65.5. The minimum atomic E-state index is 0. The van der Waals surface area contributed by atoms with Gasteiger partial charge in [0.25, 0.3) is 0 Å². The van der Waals surface area contributed by atoms with Gasteiger partial charge in [-0.2, -0.15) is 0 Å². The van der Waals surface area contributed by atoms with Crippen LogP contribution in [0.1, 0.15) is 13.8 Å².